The molecule has 0 spiro atoms. The van der Waals surface area contributed by atoms with Gasteiger partial charge in [0, 0.05) is 44.8 Å². The third kappa shape index (κ3) is 4.32. The van der Waals surface area contributed by atoms with Crippen LogP contribution in [0.4, 0.5) is 4.79 Å². The normalized spacial score (nSPS) is 27.9. The summed E-state index contributed by atoms with van der Waals surface area (Å²) in [4.78, 5) is 16.8. The molecule has 1 aromatic rings. The molecule has 6 heteroatoms. The summed E-state index contributed by atoms with van der Waals surface area (Å²) >= 11 is 0. The van der Waals surface area contributed by atoms with Crippen molar-refractivity contribution in [2.45, 2.75) is 37.6 Å². The highest BCUT2D eigenvalue weighted by atomic mass is 16.6. The first-order chi connectivity index (χ1) is 12.3. The first-order valence-electron chi connectivity index (χ1n) is 9.32. The van der Waals surface area contributed by atoms with Gasteiger partial charge in [-0.1, -0.05) is 30.3 Å². The molecule has 2 bridgehead atoms. The van der Waals surface area contributed by atoms with Crippen molar-refractivity contribution in [1.29, 1.82) is 0 Å². The van der Waals surface area contributed by atoms with E-state index in [0.717, 1.165) is 32.5 Å². The average molecular weight is 345 g/mol. The Bertz CT molecular complexity index is 563. The van der Waals surface area contributed by atoms with Crippen LogP contribution in [0.15, 0.2) is 30.3 Å². The Morgan fingerprint density at radius 2 is 1.80 bits per heavy atom. The lowest BCUT2D eigenvalue weighted by atomic mass is 10.1. The van der Waals surface area contributed by atoms with Crippen LogP contribution in [0.2, 0.25) is 0 Å². The number of amides is 1. The van der Waals surface area contributed by atoms with Crippen molar-refractivity contribution in [1.82, 2.24) is 15.1 Å². The molecule has 4 rings (SSSR count). The number of piperazine rings is 1. The van der Waals surface area contributed by atoms with Crippen molar-refractivity contribution in [2.75, 3.05) is 39.4 Å². The van der Waals surface area contributed by atoms with Gasteiger partial charge in [0.2, 0.25) is 0 Å². The lowest BCUT2D eigenvalue weighted by Gasteiger charge is -2.42. The van der Waals surface area contributed by atoms with Gasteiger partial charge in [-0.25, -0.2) is 4.79 Å². The minimum atomic E-state index is -0.153. The number of hydrogen-bond acceptors (Lipinski definition) is 5. The zero-order valence-electron chi connectivity index (χ0n) is 14.6. The number of piperidine rings is 1. The Labute approximate surface area is 149 Å². The first kappa shape index (κ1) is 16.8. The molecule has 0 saturated carbocycles. The SMILES string of the molecule is O=C(OC1CCN(Cc2ccccc2)CC1)N1CC2COCC(C1)N2. The van der Waals surface area contributed by atoms with E-state index in [0.29, 0.717) is 26.3 Å². The predicted molar refractivity (Wildman–Crippen MR) is 94.3 cm³/mol. The summed E-state index contributed by atoms with van der Waals surface area (Å²) in [5.74, 6) is 0. The number of nitrogens with zero attached hydrogens (tertiary/aromatic N) is 2. The molecule has 25 heavy (non-hydrogen) atoms. The number of benzene rings is 1. The molecule has 0 aromatic heterocycles. The second-order valence-corrected chi connectivity index (χ2v) is 7.35. The van der Waals surface area contributed by atoms with Crippen LogP contribution in [0.1, 0.15) is 18.4 Å². The second kappa shape index (κ2) is 7.72. The van der Waals surface area contributed by atoms with Gasteiger partial charge >= 0.3 is 6.09 Å². The van der Waals surface area contributed by atoms with Gasteiger partial charge in [0.1, 0.15) is 6.10 Å². The smallest absolute Gasteiger partial charge is 0.410 e. The van der Waals surface area contributed by atoms with Crippen LogP contribution in [0.3, 0.4) is 0 Å². The highest BCUT2D eigenvalue weighted by Gasteiger charge is 2.34. The number of rotatable bonds is 3. The molecule has 0 aliphatic carbocycles. The Morgan fingerprint density at radius 1 is 1.12 bits per heavy atom. The Kier molecular flexibility index (Phi) is 5.20. The van der Waals surface area contributed by atoms with Crippen molar-refractivity contribution >= 4 is 6.09 Å². The fraction of sp³-hybridized carbons (Fsp3) is 0.632. The van der Waals surface area contributed by atoms with Gasteiger partial charge in [-0.3, -0.25) is 4.90 Å². The van der Waals surface area contributed by atoms with Gasteiger partial charge in [0.15, 0.2) is 0 Å². The number of carbonyl (C=O) groups is 1. The van der Waals surface area contributed by atoms with Gasteiger partial charge < -0.3 is 19.7 Å². The maximum absolute atomic E-state index is 12.5. The summed E-state index contributed by atoms with van der Waals surface area (Å²) in [6, 6.07) is 11.0. The highest BCUT2D eigenvalue weighted by molar-refractivity contribution is 5.68. The van der Waals surface area contributed by atoms with Crippen LogP contribution < -0.4 is 5.32 Å². The number of ether oxygens (including phenoxy) is 2. The number of carbonyl (C=O) groups excluding carboxylic acids is 1. The molecule has 0 radical (unpaired) electrons. The molecule has 2 unspecified atom stereocenters. The number of hydrogen-bond donors (Lipinski definition) is 1. The van der Waals surface area contributed by atoms with Crippen LogP contribution in [-0.4, -0.2) is 73.5 Å². The number of nitrogens with one attached hydrogen (secondary N) is 1. The monoisotopic (exact) mass is 345 g/mol. The van der Waals surface area contributed by atoms with Crippen LogP contribution in [-0.2, 0) is 16.0 Å². The van der Waals surface area contributed by atoms with Crippen molar-refractivity contribution in [3.63, 3.8) is 0 Å². The topological polar surface area (TPSA) is 54.0 Å². The van der Waals surface area contributed by atoms with E-state index < -0.39 is 0 Å². The van der Waals surface area contributed by atoms with E-state index in [1.807, 2.05) is 11.0 Å². The van der Waals surface area contributed by atoms with Crippen molar-refractivity contribution in [3.05, 3.63) is 35.9 Å². The molecule has 1 amide bonds. The summed E-state index contributed by atoms with van der Waals surface area (Å²) in [7, 11) is 0. The third-order valence-electron chi connectivity index (χ3n) is 5.30. The summed E-state index contributed by atoms with van der Waals surface area (Å²) in [6.07, 6.45) is 1.73. The van der Waals surface area contributed by atoms with Crippen molar-refractivity contribution in [2.24, 2.45) is 0 Å². The largest absolute Gasteiger partial charge is 0.446 e. The van der Waals surface area contributed by atoms with E-state index in [1.54, 1.807) is 0 Å². The number of morpholine rings is 1. The number of likely N-dealkylation sites (tertiary alicyclic amines) is 1. The third-order valence-corrected chi connectivity index (χ3v) is 5.30. The Hall–Kier alpha value is -1.63. The van der Waals surface area contributed by atoms with Gasteiger partial charge in [0.25, 0.3) is 0 Å². The standard InChI is InChI=1S/C19H27N3O3/c23-19(22-11-16-13-24-14-17(12-22)20-16)25-18-6-8-21(9-7-18)10-15-4-2-1-3-5-15/h1-5,16-18,20H,6-14H2. The highest BCUT2D eigenvalue weighted by Crippen LogP contribution is 2.19. The molecule has 136 valence electrons. The average Bonchev–Trinajstić information content (AvgIpc) is 2.64. The second-order valence-electron chi connectivity index (χ2n) is 7.35. The van der Waals surface area contributed by atoms with E-state index in [-0.39, 0.29) is 24.3 Å². The van der Waals surface area contributed by atoms with Crippen LogP contribution in [0.5, 0.6) is 0 Å². The maximum atomic E-state index is 12.5. The molecule has 3 saturated heterocycles. The van der Waals surface area contributed by atoms with Gasteiger partial charge in [-0.2, -0.15) is 0 Å². The fourth-order valence-electron chi connectivity index (χ4n) is 3.99. The molecule has 1 N–H and O–H groups in total. The molecule has 3 aliphatic rings. The van der Waals surface area contributed by atoms with Crippen LogP contribution in [0.25, 0.3) is 0 Å². The minimum Gasteiger partial charge on any atom is -0.446 e. The first-order valence-corrected chi connectivity index (χ1v) is 9.32. The van der Waals surface area contributed by atoms with Crippen molar-refractivity contribution < 1.29 is 14.3 Å². The lowest BCUT2D eigenvalue weighted by molar-refractivity contribution is -0.0205. The number of fused-ring (bicyclic) bond motifs is 2. The molecule has 3 aliphatic heterocycles. The maximum Gasteiger partial charge on any atom is 0.410 e. The van der Waals surface area contributed by atoms with E-state index >= 15 is 0 Å². The predicted octanol–water partition coefficient (Wildman–Crippen LogP) is 1.46. The lowest BCUT2D eigenvalue weighted by Crippen LogP contribution is -2.63. The van der Waals surface area contributed by atoms with Gasteiger partial charge in [-0.05, 0) is 18.4 Å². The van der Waals surface area contributed by atoms with Crippen LogP contribution >= 0.6 is 0 Å². The molecular formula is C19H27N3O3. The molecule has 3 fully saturated rings. The Balaban J connectivity index is 1.22. The quantitative estimate of drug-likeness (QED) is 0.899. The van der Waals surface area contributed by atoms with Crippen LogP contribution in [0, 0.1) is 0 Å². The fourth-order valence-corrected chi connectivity index (χ4v) is 3.99. The summed E-state index contributed by atoms with van der Waals surface area (Å²) < 4.78 is 11.3. The molecular weight excluding hydrogens is 318 g/mol. The molecule has 6 nitrogen and oxygen atoms in total. The zero-order valence-corrected chi connectivity index (χ0v) is 14.6. The molecule has 3 heterocycles. The summed E-state index contributed by atoms with van der Waals surface area (Å²) in [6.45, 7) is 5.66. The van der Waals surface area contributed by atoms with E-state index in [9.17, 15) is 4.79 Å². The van der Waals surface area contributed by atoms with E-state index in [2.05, 4.69) is 34.5 Å². The Morgan fingerprint density at radius 3 is 2.48 bits per heavy atom. The van der Waals surface area contributed by atoms with E-state index in [4.69, 9.17) is 9.47 Å². The van der Waals surface area contributed by atoms with E-state index in [1.165, 1.54) is 5.56 Å². The van der Waals surface area contributed by atoms with Gasteiger partial charge in [-0.15, -0.1) is 0 Å². The zero-order chi connectivity index (χ0) is 17.1. The molecule has 2 atom stereocenters. The minimum absolute atomic E-state index is 0.0468. The summed E-state index contributed by atoms with van der Waals surface area (Å²) in [5.41, 5.74) is 1.34. The van der Waals surface area contributed by atoms with Crippen molar-refractivity contribution in [3.8, 4) is 0 Å². The van der Waals surface area contributed by atoms with Gasteiger partial charge in [0.05, 0.1) is 13.2 Å². The summed E-state index contributed by atoms with van der Waals surface area (Å²) in [5, 5.41) is 3.49. The molecule has 1 aromatic carbocycles.